The number of halogens is 3. The Balaban J connectivity index is 2.62. The van der Waals surface area contributed by atoms with E-state index in [9.17, 15) is 18.0 Å². The Hall–Kier alpha value is -1.29. The summed E-state index contributed by atoms with van der Waals surface area (Å²) in [6.07, 6.45) is -2.95. The summed E-state index contributed by atoms with van der Waals surface area (Å²) in [6, 6.07) is 0. The van der Waals surface area contributed by atoms with Gasteiger partial charge in [-0.15, -0.1) is 10.2 Å². The zero-order chi connectivity index (χ0) is 15.9. The highest BCUT2D eigenvalue weighted by Crippen LogP contribution is 2.18. The molecule has 1 N–H and O–H groups in total. The smallest absolute Gasteiger partial charge is 0.411 e. The van der Waals surface area contributed by atoms with E-state index in [0.29, 0.717) is 17.4 Å². The van der Waals surface area contributed by atoms with Crippen molar-refractivity contribution in [2.75, 3.05) is 19.0 Å². The van der Waals surface area contributed by atoms with Gasteiger partial charge in [-0.2, -0.15) is 13.2 Å². The number of aliphatic carboxylic acids is 1. The predicted octanol–water partition coefficient (Wildman–Crippen LogP) is 1.99. The van der Waals surface area contributed by atoms with Crippen LogP contribution in [0.4, 0.5) is 13.2 Å². The SMILES string of the molecule is CCCc1nnc(SCC(=O)O)n1CCOCC(F)(F)F. The van der Waals surface area contributed by atoms with Crippen LogP contribution in [0, 0.1) is 0 Å². The minimum absolute atomic E-state index is 0.144. The molecule has 0 radical (unpaired) electrons. The van der Waals surface area contributed by atoms with Gasteiger partial charge in [-0.25, -0.2) is 0 Å². The Labute approximate surface area is 123 Å². The minimum Gasteiger partial charge on any atom is -0.481 e. The number of carbonyl (C=O) groups is 1. The van der Waals surface area contributed by atoms with E-state index >= 15 is 0 Å². The Morgan fingerprint density at radius 2 is 2.14 bits per heavy atom. The Kier molecular flexibility index (Phi) is 6.96. The van der Waals surface area contributed by atoms with Gasteiger partial charge in [-0.05, 0) is 6.42 Å². The fraction of sp³-hybridized carbons (Fsp3) is 0.727. The van der Waals surface area contributed by atoms with Gasteiger partial charge < -0.3 is 14.4 Å². The summed E-state index contributed by atoms with van der Waals surface area (Å²) >= 11 is 0.977. The second kappa shape index (κ2) is 8.23. The van der Waals surface area contributed by atoms with Crippen LogP contribution in [0.2, 0.25) is 0 Å². The second-order valence-corrected chi connectivity index (χ2v) is 5.09. The molecule has 0 aliphatic rings. The average molecular weight is 327 g/mol. The summed E-state index contributed by atoms with van der Waals surface area (Å²) in [7, 11) is 0. The highest BCUT2D eigenvalue weighted by molar-refractivity contribution is 7.99. The number of thioether (sulfide) groups is 1. The van der Waals surface area contributed by atoms with Crippen LogP contribution in [0.5, 0.6) is 0 Å². The summed E-state index contributed by atoms with van der Waals surface area (Å²) in [6.45, 7) is 0.633. The number of aryl methyl sites for hydroxylation is 1. The van der Waals surface area contributed by atoms with Gasteiger partial charge in [0.05, 0.1) is 12.4 Å². The molecule has 0 spiro atoms. The lowest BCUT2D eigenvalue weighted by Crippen LogP contribution is -2.19. The molecule has 0 amide bonds. The molecule has 21 heavy (non-hydrogen) atoms. The lowest BCUT2D eigenvalue weighted by atomic mass is 10.3. The van der Waals surface area contributed by atoms with Crippen LogP contribution in [0.25, 0.3) is 0 Å². The molecule has 1 aromatic rings. The number of carboxylic acids is 1. The topological polar surface area (TPSA) is 77.2 Å². The first-order valence-electron chi connectivity index (χ1n) is 6.24. The van der Waals surface area contributed by atoms with E-state index in [1.54, 1.807) is 4.57 Å². The quantitative estimate of drug-likeness (QED) is 0.552. The van der Waals surface area contributed by atoms with Crippen LogP contribution in [0.1, 0.15) is 19.2 Å². The number of alkyl halides is 3. The molecule has 1 aromatic heterocycles. The molecule has 0 aromatic carbocycles. The second-order valence-electron chi connectivity index (χ2n) is 4.15. The van der Waals surface area contributed by atoms with Crippen molar-refractivity contribution in [2.45, 2.75) is 37.6 Å². The first-order chi connectivity index (χ1) is 9.83. The molecule has 0 unspecified atom stereocenters. The molecule has 1 rings (SSSR count). The number of nitrogens with zero attached hydrogens (tertiary/aromatic N) is 3. The molecule has 0 aliphatic carbocycles. The zero-order valence-electron chi connectivity index (χ0n) is 11.4. The van der Waals surface area contributed by atoms with E-state index in [4.69, 9.17) is 5.11 Å². The third-order valence-corrected chi connectivity index (χ3v) is 3.27. The Bertz CT molecular complexity index is 465. The standard InChI is InChI=1S/C11H16F3N3O3S/c1-2-3-8-15-16-10(21-6-9(18)19)17(8)4-5-20-7-11(12,13)14/h2-7H2,1H3,(H,18,19). The summed E-state index contributed by atoms with van der Waals surface area (Å²) in [5.41, 5.74) is 0. The molecule has 0 aliphatic heterocycles. The van der Waals surface area contributed by atoms with E-state index in [2.05, 4.69) is 14.9 Å². The maximum atomic E-state index is 12.0. The van der Waals surface area contributed by atoms with E-state index in [0.717, 1.165) is 18.2 Å². The summed E-state index contributed by atoms with van der Waals surface area (Å²) < 4.78 is 42.1. The first-order valence-corrected chi connectivity index (χ1v) is 7.23. The normalized spacial score (nSPS) is 11.8. The lowest BCUT2D eigenvalue weighted by molar-refractivity contribution is -0.174. The number of hydrogen-bond donors (Lipinski definition) is 1. The van der Waals surface area contributed by atoms with Gasteiger partial charge in [0.2, 0.25) is 0 Å². The highest BCUT2D eigenvalue weighted by atomic mass is 32.2. The largest absolute Gasteiger partial charge is 0.481 e. The molecule has 1 heterocycles. The molecule has 0 saturated carbocycles. The van der Waals surface area contributed by atoms with Gasteiger partial charge in [-0.3, -0.25) is 4.79 Å². The number of aromatic nitrogens is 3. The van der Waals surface area contributed by atoms with E-state index in [1.807, 2.05) is 6.92 Å². The third-order valence-electron chi connectivity index (χ3n) is 2.32. The summed E-state index contributed by atoms with van der Waals surface area (Å²) in [5.74, 6) is -0.575. The third kappa shape index (κ3) is 6.80. The van der Waals surface area contributed by atoms with Crippen molar-refractivity contribution >= 4 is 17.7 Å². The predicted molar refractivity (Wildman–Crippen MR) is 69.3 cm³/mol. The number of rotatable bonds is 9. The Morgan fingerprint density at radius 3 is 2.71 bits per heavy atom. The van der Waals surface area contributed by atoms with Crippen molar-refractivity contribution in [3.63, 3.8) is 0 Å². The fourth-order valence-corrected chi connectivity index (χ4v) is 2.23. The summed E-state index contributed by atoms with van der Waals surface area (Å²) in [4.78, 5) is 10.6. The minimum atomic E-state index is -4.36. The van der Waals surface area contributed by atoms with Crippen LogP contribution in [-0.2, 0) is 22.5 Å². The first kappa shape index (κ1) is 17.8. The van der Waals surface area contributed by atoms with Crippen molar-refractivity contribution in [1.29, 1.82) is 0 Å². The van der Waals surface area contributed by atoms with E-state index < -0.39 is 18.8 Å². The molecule has 6 nitrogen and oxygen atoms in total. The van der Waals surface area contributed by atoms with Crippen LogP contribution in [0.15, 0.2) is 5.16 Å². The van der Waals surface area contributed by atoms with Crippen LogP contribution in [0.3, 0.4) is 0 Å². The van der Waals surface area contributed by atoms with E-state index in [1.165, 1.54) is 0 Å². The van der Waals surface area contributed by atoms with Crippen LogP contribution in [-0.4, -0.2) is 51.0 Å². The zero-order valence-corrected chi connectivity index (χ0v) is 12.2. The van der Waals surface area contributed by atoms with Crippen molar-refractivity contribution in [3.8, 4) is 0 Å². The maximum absolute atomic E-state index is 12.0. The molecule has 0 fully saturated rings. The fourth-order valence-electron chi connectivity index (χ4n) is 1.53. The lowest BCUT2D eigenvalue weighted by Gasteiger charge is -2.11. The van der Waals surface area contributed by atoms with Gasteiger partial charge in [0.1, 0.15) is 12.4 Å². The van der Waals surface area contributed by atoms with Crippen molar-refractivity contribution in [1.82, 2.24) is 14.8 Å². The highest BCUT2D eigenvalue weighted by Gasteiger charge is 2.27. The van der Waals surface area contributed by atoms with Crippen molar-refractivity contribution in [2.24, 2.45) is 0 Å². The van der Waals surface area contributed by atoms with Gasteiger partial charge in [0, 0.05) is 13.0 Å². The van der Waals surface area contributed by atoms with Gasteiger partial charge >= 0.3 is 12.1 Å². The average Bonchev–Trinajstić information content (AvgIpc) is 2.74. The molecular formula is C11H16F3N3O3S. The molecule has 0 atom stereocenters. The number of hydrogen-bond acceptors (Lipinski definition) is 5. The van der Waals surface area contributed by atoms with Crippen molar-refractivity contribution < 1.29 is 27.8 Å². The summed E-state index contributed by atoms with van der Waals surface area (Å²) in [5, 5.41) is 16.8. The van der Waals surface area contributed by atoms with Crippen LogP contribution < -0.4 is 0 Å². The number of carboxylic acid groups (broad SMARTS) is 1. The monoisotopic (exact) mass is 327 g/mol. The molecular weight excluding hydrogens is 311 g/mol. The molecule has 0 bridgehead atoms. The molecule has 120 valence electrons. The molecule has 0 saturated heterocycles. The van der Waals surface area contributed by atoms with Crippen molar-refractivity contribution in [3.05, 3.63) is 5.82 Å². The molecule has 10 heteroatoms. The van der Waals surface area contributed by atoms with Gasteiger partial charge in [0.25, 0.3) is 0 Å². The van der Waals surface area contributed by atoms with Gasteiger partial charge in [-0.1, -0.05) is 18.7 Å². The maximum Gasteiger partial charge on any atom is 0.411 e. The Morgan fingerprint density at radius 1 is 1.43 bits per heavy atom. The number of ether oxygens (including phenoxy) is 1. The van der Waals surface area contributed by atoms with Crippen LogP contribution >= 0.6 is 11.8 Å². The van der Waals surface area contributed by atoms with Gasteiger partial charge in [0.15, 0.2) is 5.16 Å². The van der Waals surface area contributed by atoms with E-state index in [-0.39, 0.29) is 18.9 Å².